The molecule has 7 nitrogen and oxygen atoms in total. The summed E-state index contributed by atoms with van der Waals surface area (Å²) in [5, 5.41) is 4.15. The number of nitrogens with zero attached hydrogens (tertiary/aromatic N) is 1. The number of benzene rings is 2. The molecular formula is C20H18N2O5S. The van der Waals surface area contributed by atoms with Gasteiger partial charge in [0.25, 0.3) is 5.91 Å². The number of aromatic nitrogens is 1. The second-order valence-electron chi connectivity index (χ2n) is 5.95. The van der Waals surface area contributed by atoms with E-state index in [2.05, 4.69) is 10.3 Å². The Labute approximate surface area is 165 Å². The van der Waals surface area contributed by atoms with E-state index in [-0.39, 0.29) is 12.5 Å². The van der Waals surface area contributed by atoms with Crippen LogP contribution in [0.2, 0.25) is 0 Å². The van der Waals surface area contributed by atoms with Crippen LogP contribution in [0.25, 0.3) is 10.6 Å². The van der Waals surface area contributed by atoms with Gasteiger partial charge in [0.1, 0.15) is 28.1 Å². The highest BCUT2D eigenvalue weighted by Crippen LogP contribution is 2.37. The van der Waals surface area contributed by atoms with Gasteiger partial charge in [0.15, 0.2) is 11.5 Å². The summed E-state index contributed by atoms with van der Waals surface area (Å²) < 4.78 is 22.0. The van der Waals surface area contributed by atoms with Crippen molar-refractivity contribution in [1.82, 2.24) is 4.98 Å². The van der Waals surface area contributed by atoms with E-state index in [9.17, 15) is 4.79 Å². The first kappa shape index (κ1) is 18.1. The van der Waals surface area contributed by atoms with Gasteiger partial charge in [-0.05, 0) is 30.3 Å². The number of nitrogens with one attached hydrogen (secondary N) is 1. The summed E-state index contributed by atoms with van der Waals surface area (Å²) >= 11 is 1.34. The van der Waals surface area contributed by atoms with E-state index >= 15 is 0 Å². The fraction of sp³-hybridized carbons (Fsp3) is 0.200. The zero-order valence-electron chi connectivity index (χ0n) is 15.3. The second kappa shape index (κ2) is 7.77. The molecule has 3 aromatic rings. The zero-order valence-corrected chi connectivity index (χ0v) is 16.1. The third kappa shape index (κ3) is 3.59. The molecule has 0 aliphatic carbocycles. The highest BCUT2D eigenvalue weighted by atomic mass is 32.1. The molecule has 2 aromatic carbocycles. The largest absolute Gasteiger partial charge is 0.497 e. The van der Waals surface area contributed by atoms with E-state index in [0.29, 0.717) is 33.0 Å². The molecule has 2 heterocycles. The lowest BCUT2D eigenvalue weighted by molar-refractivity contribution is -0.125. The SMILES string of the molecule is COc1ccc(OC)c(-c2ncc(NC(=O)[C@@H]3COc4ccccc4O3)s2)c1. The highest BCUT2D eigenvalue weighted by molar-refractivity contribution is 7.19. The number of amides is 1. The van der Waals surface area contributed by atoms with Crippen molar-refractivity contribution in [3.63, 3.8) is 0 Å². The Bertz CT molecular complexity index is 1000. The summed E-state index contributed by atoms with van der Waals surface area (Å²) in [4.78, 5) is 17.0. The number of hydrogen-bond acceptors (Lipinski definition) is 7. The summed E-state index contributed by atoms with van der Waals surface area (Å²) in [6, 6.07) is 12.7. The summed E-state index contributed by atoms with van der Waals surface area (Å²) in [6.45, 7) is 0.151. The molecule has 0 bridgehead atoms. The van der Waals surface area contributed by atoms with Crippen molar-refractivity contribution in [3.05, 3.63) is 48.7 Å². The number of thiazole rings is 1. The van der Waals surface area contributed by atoms with Crippen molar-refractivity contribution >= 4 is 22.2 Å². The Morgan fingerprint density at radius 2 is 2.00 bits per heavy atom. The van der Waals surface area contributed by atoms with Crippen molar-refractivity contribution in [2.45, 2.75) is 6.10 Å². The number of rotatable bonds is 5. The van der Waals surface area contributed by atoms with E-state index in [1.54, 1.807) is 32.5 Å². The average Bonchev–Trinajstić information content (AvgIpc) is 3.21. The molecule has 1 amide bonds. The number of fused-ring (bicyclic) bond motifs is 1. The van der Waals surface area contributed by atoms with E-state index in [1.807, 2.05) is 30.3 Å². The molecule has 4 rings (SSSR count). The minimum absolute atomic E-state index is 0.151. The van der Waals surface area contributed by atoms with Crippen LogP contribution >= 0.6 is 11.3 Å². The number of carbonyl (C=O) groups is 1. The normalized spacial score (nSPS) is 15.0. The number of hydrogen-bond donors (Lipinski definition) is 1. The second-order valence-corrected chi connectivity index (χ2v) is 6.98. The van der Waals surface area contributed by atoms with Gasteiger partial charge < -0.3 is 24.3 Å². The van der Waals surface area contributed by atoms with Crippen LogP contribution in [0.3, 0.4) is 0 Å². The average molecular weight is 398 g/mol. The number of para-hydroxylation sites is 2. The summed E-state index contributed by atoms with van der Waals surface area (Å²) in [7, 11) is 3.20. The van der Waals surface area contributed by atoms with Gasteiger partial charge in [-0.15, -0.1) is 0 Å². The zero-order chi connectivity index (χ0) is 19.5. The van der Waals surface area contributed by atoms with Crippen LogP contribution < -0.4 is 24.3 Å². The smallest absolute Gasteiger partial charge is 0.269 e. The number of methoxy groups -OCH3 is 2. The summed E-state index contributed by atoms with van der Waals surface area (Å²) in [5.41, 5.74) is 0.790. The molecule has 0 saturated carbocycles. The molecule has 1 N–H and O–H groups in total. The fourth-order valence-corrected chi connectivity index (χ4v) is 3.63. The topological polar surface area (TPSA) is 78.9 Å². The predicted molar refractivity (Wildman–Crippen MR) is 106 cm³/mol. The minimum atomic E-state index is -0.730. The number of anilines is 1. The minimum Gasteiger partial charge on any atom is -0.497 e. The van der Waals surface area contributed by atoms with Gasteiger partial charge in [-0.2, -0.15) is 0 Å². The maximum atomic E-state index is 12.6. The third-order valence-electron chi connectivity index (χ3n) is 4.19. The van der Waals surface area contributed by atoms with Crippen LogP contribution in [0.4, 0.5) is 5.00 Å². The van der Waals surface area contributed by atoms with E-state index < -0.39 is 6.10 Å². The first-order valence-corrected chi connectivity index (χ1v) is 9.37. The molecule has 8 heteroatoms. The molecule has 0 saturated heterocycles. The first-order valence-electron chi connectivity index (χ1n) is 8.55. The summed E-state index contributed by atoms with van der Waals surface area (Å²) in [6.07, 6.45) is 0.876. The van der Waals surface area contributed by atoms with Gasteiger partial charge in [-0.3, -0.25) is 4.79 Å². The maximum Gasteiger partial charge on any atom is 0.269 e. The van der Waals surface area contributed by atoms with Crippen molar-refractivity contribution in [2.75, 3.05) is 26.1 Å². The molecule has 1 atom stereocenters. The highest BCUT2D eigenvalue weighted by Gasteiger charge is 2.27. The fourth-order valence-electron chi connectivity index (χ4n) is 2.79. The predicted octanol–water partition coefficient (Wildman–Crippen LogP) is 3.61. The standard InChI is InChI=1S/C20H18N2O5S/c1-24-12-7-8-14(25-2)13(9-12)20-21-10-18(28-20)22-19(23)17-11-26-15-5-3-4-6-16(15)27-17/h3-10,17H,11H2,1-2H3,(H,22,23)/t17-/m0/s1. The van der Waals surface area contributed by atoms with Crippen LogP contribution in [-0.4, -0.2) is 37.8 Å². The third-order valence-corrected chi connectivity index (χ3v) is 5.14. The Balaban J connectivity index is 1.49. The molecule has 1 aromatic heterocycles. The van der Waals surface area contributed by atoms with Crippen molar-refractivity contribution < 1.29 is 23.7 Å². The monoisotopic (exact) mass is 398 g/mol. The molecule has 1 aliphatic heterocycles. The Kier molecular flexibility index (Phi) is 5.03. The van der Waals surface area contributed by atoms with Gasteiger partial charge in [-0.25, -0.2) is 4.98 Å². The maximum absolute atomic E-state index is 12.6. The quantitative estimate of drug-likeness (QED) is 0.707. The molecule has 0 radical (unpaired) electrons. The van der Waals surface area contributed by atoms with E-state index in [0.717, 1.165) is 5.56 Å². The van der Waals surface area contributed by atoms with Crippen molar-refractivity contribution in [3.8, 4) is 33.6 Å². The van der Waals surface area contributed by atoms with Crippen molar-refractivity contribution in [2.24, 2.45) is 0 Å². The molecule has 1 aliphatic rings. The van der Waals surface area contributed by atoms with E-state index in [4.69, 9.17) is 18.9 Å². The van der Waals surface area contributed by atoms with Crippen LogP contribution in [0.1, 0.15) is 0 Å². The lowest BCUT2D eigenvalue weighted by atomic mass is 10.2. The Morgan fingerprint density at radius 3 is 2.79 bits per heavy atom. The van der Waals surface area contributed by atoms with Crippen LogP contribution in [0.15, 0.2) is 48.7 Å². The van der Waals surface area contributed by atoms with Crippen LogP contribution in [0, 0.1) is 0 Å². The Morgan fingerprint density at radius 1 is 1.18 bits per heavy atom. The van der Waals surface area contributed by atoms with Crippen LogP contribution in [-0.2, 0) is 4.79 Å². The molecular weight excluding hydrogens is 380 g/mol. The Hall–Kier alpha value is -3.26. The van der Waals surface area contributed by atoms with E-state index in [1.165, 1.54) is 11.3 Å². The van der Waals surface area contributed by atoms with Gasteiger partial charge >= 0.3 is 0 Å². The molecule has 0 spiro atoms. The number of ether oxygens (including phenoxy) is 4. The molecule has 0 unspecified atom stereocenters. The summed E-state index contributed by atoms with van der Waals surface area (Å²) in [5.74, 6) is 2.27. The first-order chi connectivity index (χ1) is 13.7. The lowest BCUT2D eigenvalue weighted by Crippen LogP contribution is -2.40. The molecule has 0 fully saturated rings. The number of carbonyl (C=O) groups excluding carboxylic acids is 1. The van der Waals surface area contributed by atoms with Crippen LogP contribution in [0.5, 0.6) is 23.0 Å². The van der Waals surface area contributed by atoms with Crippen molar-refractivity contribution in [1.29, 1.82) is 0 Å². The van der Waals surface area contributed by atoms with Gasteiger partial charge in [0, 0.05) is 0 Å². The van der Waals surface area contributed by atoms with Gasteiger partial charge in [0.2, 0.25) is 6.10 Å². The lowest BCUT2D eigenvalue weighted by Gasteiger charge is -2.25. The van der Waals surface area contributed by atoms with Gasteiger partial charge in [0.05, 0.1) is 26.0 Å². The molecule has 28 heavy (non-hydrogen) atoms. The van der Waals surface area contributed by atoms with Gasteiger partial charge in [-0.1, -0.05) is 23.5 Å². The molecule has 144 valence electrons.